The van der Waals surface area contributed by atoms with Gasteiger partial charge in [0, 0.05) is 48.4 Å². The van der Waals surface area contributed by atoms with Crippen LogP contribution in [0.15, 0.2) is 36.4 Å². The van der Waals surface area contributed by atoms with Crippen molar-refractivity contribution in [2.45, 2.75) is 106 Å². The van der Waals surface area contributed by atoms with Gasteiger partial charge in [-0.05, 0) is 104 Å². The molecule has 34 heavy (non-hydrogen) atoms. The van der Waals surface area contributed by atoms with E-state index in [4.69, 9.17) is 0 Å². The van der Waals surface area contributed by atoms with Crippen LogP contribution in [0, 0.1) is 0 Å². The highest BCUT2D eigenvalue weighted by Gasteiger charge is 2.18. The lowest BCUT2D eigenvalue weighted by Crippen LogP contribution is -2.36. The molecule has 0 amide bonds. The van der Waals surface area contributed by atoms with Crippen LogP contribution in [-0.4, -0.2) is 44.2 Å². The number of phenolic OH excluding ortho intramolecular Hbond substituents is 2. The molecule has 4 heteroatoms. The number of hydrogen-bond donors (Lipinski definition) is 2. The number of allylic oxidation sites excluding steroid dienone is 2. The van der Waals surface area contributed by atoms with Crippen LogP contribution in [0.5, 0.6) is 11.5 Å². The first-order valence-electron chi connectivity index (χ1n) is 12.7. The van der Waals surface area contributed by atoms with E-state index in [0.29, 0.717) is 35.7 Å². The van der Waals surface area contributed by atoms with Crippen molar-refractivity contribution in [2.75, 3.05) is 0 Å². The van der Waals surface area contributed by atoms with Crippen molar-refractivity contribution in [3.05, 3.63) is 58.7 Å². The van der Waals surface area contributed by atoms with E-state index in [1.165, 1.54) is 0 Å². The van der Waals surface area contributed by atoms with Gasteiger partial charge in [0.05, 0.1) is 0 Å². The van der Waals surface area contributed by atoms with Gasteiger partial charge < -0.3 is 10.2 Å². The molecule has 0 atom stereocenters. The van der Waals surface area contributed by atoms with Crippen molar-refractivity contribution in [3.63, 3.8) is 0 Å². The second-order valence-corrected chi connectivity index (χ2v) is 10.7. The van der Waals surface area contributed by atoms with Gasteiger partial charge in [-0.3, -0.25) is 9.80 Å². The monoisotopic (exact) mass is 466 g/mol. The zero-order valence-electron chi connectivity index (χ0n) is 23.0. The summed E-state index contributed by atoms with van der Waals surface area (Å²) in [6.45, 7) is 23.1. The van der Waals surface area contributed by atoms with E-state index in [9.17, 15) is 10.2 Å². The van der Waals surface area contributed by atoms with Crippen molar-refractivity contribution in [2.24, 2.45) is 0 Å². The molecule has 0 radical (unpaired) electrons. The molecule has 0 aliphatic rings. The molecule has 0 unspecified atom stereocenters. The van der Waals surface area contributed by atoms with Crippen LogP contribution in [0.1, 0.15) is 91.5 Å². The molecule has 0 aliphatic heterocycles. The van der Waals surface area contributed by atoms with Crippen molar-refractivity contribution < 1.29 is 10.2 Å². The highest BCUT2D eigenvalue weighted by molar-refractivity contribution is 5.89. The average Bonchev–Trinajstić information content (AvgIpc) is 2.75. The molecular weight excluding hydrogens is 420 g/mol. The minimum absolute atomic E-state index is 0.330. The van der Waals surface area contributed by atoms with Crippen LogP contribution in [0.3, 0.4) is 0 Å². The van der Waals surface area contributed by atoms with Gasteiger partial charge in [-0.2, -0.15) is 0 Å². The fourth-order valence-electron chi connectivity index (χ4n) is 4.61. The van der Waals surface area contributed by atoms with E-state index in [0.717, 1.165) is 46.5 Å². The van der Waals surface area contributed by atoms with E-state index >= 15 is 0 Å². The van der Waals surface area contributed by atoms with Crippen LogP contribution in [0.4, 0.5) is 0 Å². The predicted octanol–water partition coefficient (Wildman–Crippen LogP) is 7.29. The van der Waals surface area contributed by atoms with Crippen LogP contribution in [-0.2, 0) is 13.1 Å². The summed E-state index contributed by atoms with van der Waals surface area (Å²) in [5.41, 5.74) is 6.05. The Morgan fingerprint density at radius 1 is 0.588 bits per heavy atom. The predicted molar refractivity (Wildman–Crippen MR) is 146 cm³/mol. The molecule has 0 spiro atoms. The maximum atomic E-state index is 10.8. The van der Waals surface area contributed by atoms with E-state index in [-0.39, 0.29) is 0 Å². The van der Waals surface area contributed by atoms with Gasteiger partial charge in [-0.25, -0.2) is 0 Å². The van der Waals surface area contributed by atoms with Gasteiger partial charge in [0.15, 0.2) is 0 Å². The Bertz CT molecular complexity index is 894. The molecule has 0 aromatic heterocycles. The zero-order chi connectivity index (χ0) is 25.7. The molecule has 0 aliphatic carbocycles. The summed E-state index contributed by atoms with van der Waals surface area (Å²) in [6, 6.07) is 13.6. The van der Waals surface area contributed by atoms with Crippen LogP contribution >= 0.6 is 0 Å². The van der Waals surface area contributed by atoms with E-state index in [2.05, 4.69) is 91.2 Å². The third kappa shape index (κ3) is 6.86. The Labute approximate surface area is 207 Å². The topological polar surface area (TPSA) is 46.9 Å². The largest absolute Gasteiger partial charge is 0.508 e. The standard InChI is InChI=1S/C30H46N2O2/c1-19(2)31(20(3)4)17-27-13-11-25(15-29(27)33)23(9)24(10)26-12-14-28(30(34)16-26)18-32(21(5)6)22(7)8/h11-16,19-22,33-34H,17-18H2,1-10H3. The van der Waals surface area contributed by atoms with Gasteiger partial charge in [0.1, 0.15) is 11.5 Å². The molecule has 0 fully saturated rings. The van der Waals surface area contributed by atoms with Crippen molar-refractivity contribution in [1.82, 2.24) is 9.80 Å². The summed E-state index contributed by atoms with van der Waals surface area (Å²) in [6.07, 6.45) is 0. The van der Waals surface area contributed by atoms with Crippen LogP contribution in [0.2, 0.25) is 0 Å². The Morgan fingerprint density at radius 2 is 0.882 bits per heavy atom. The number of benzene rings is 2. The summed E-state index contributed by atoms with van der Waals surface area (Å²) >= 11 is 0. The molecule has 0 bridgehead atoms. The lowest BCUT2D eigenvalue weighted by atomic mass is 9.95. The number of phenols is 2. The highest BCUT2D eigenvalue weighted by Crippen LogP contribution is 2.32. The number of hydrogen-bond acceptors (Lipinski definition) is 4. The third-order valence-electron chi connectivity index (χ3n) is 6.96. The van der Waals surface area contributed by atoms with E-state index < -0.39 is 0 Å². The third-order valence-corrected chi connectivity index (χ3v) is 6.96. The van der Waals surface area contributed by atoms with Gasteiger partial charge in [-0.1, -0.05) is 24.3 Å². The Hall–Kier alpha value is -2.30. The molecule has 0 heterocycles. The van der Waals surface area contributed by atoms with Crippen molar-refractivity contribution >= 4 is 11.1 Å². The fraction of sp³-hybridized carbons (Fsp3) is 0.533. The first kappa shape index (κ1) is 27.9. The van der Waals surface area contributed by atoms with E-state index in [1.54, 1.807) is 0 Å². The lowest BCUT2D eigenvalue weighted by molar-refractivity contribution is 0.164. The van der Waals surface area contributed by atoms with Gasteiger partial charge in [0.25, 0.3) is 0 Å². The molecule has 4 nitrogen and oxygen atoms in total. The summed E-state index contributed by atoms with van der Waals surface area (Å²) in [5, 5.41) is 21.5. The van der Waals surface area contributed by atoms with Gasteiger partial charge >= 0.3 is 0 Å². The Morgan fingerprint density at radius 3 is 1.12 bits per heavy atom. The fourth-order valence-corrected chi connectivity index (χ4v) is 4.61. The second kappa shape index (κ2) is 11.9. The molecule has 2 aromatic carbocycles. The molecule has 2 rings (SSSR count). The quantitative estimate of drug-likeness (QED) is 0.361. The van der Waals surface area contributed by atoms with Gasteiger partial charge in [0.2, 0.25) is 0 Å². The molecule has 2 N–H and O–H groups in total. The van der Waals surface area contributed by atoms with Crippen molar-refractivity contribution in [3.8, 4) is 11.5 Å². The summed E-state index contributed by atoms with van der Waals surface area (Å²) in [7, 11) is 0. The van der Waals surface area contributed by atoms with E-state index in [1.807, 2.05) is 24.3 Å². The maximum absolute atomic E-state index is 10.8. The first-order chi connectivity index (χ1) is 15.8. The maximum Gasteiger partial charge on any atom is 0.120 e. The molecule has 2 aromatic rings. The van der Waals surface area contributed by atoms with Crippen LogP contribution < -0.4 is 0 Å². The summed E-state index contributed by atoms with van der Waals surface area (Å²) in [4.78, 5) is 4.74. The molecule has 0 saturated carbocycles. The van der Waals surface area contributed by atoms with Gasteiger partial charge in [-0.15, -0.1) is 0 Å². The lowest BCUT2D eigenvalue weighted by Gasteiger charge is -2.31. The second-order valence-electron chi connectivity index (χ2n) is 10.7. The molecule has 188 valence electrons. The SMILES string of the molecule is CC(=C(C)c1ccc(CN(C(C)C)C(C)C)c(O)c1)c1ccc(CN(C(C)C)C(C)C)c(O)c1. The number of nitrogens with zero attached hydrogens (tertiary/aromatic N) is 2. The zero-order valence-corrected chi connectivity index (χ0v) is 23.0. The summed E-state index contributed by atoms with van der Waals surface area (Å²) < 4.78 is 0. The number of aromatic hydroxyl groups is 2. The average molecular weight is 467 g/mol. The summed E-state index contributed by atoms with van der Waals surface area (Å²) in [5.74, 6) is 0.660. The minimum atomic E-state index is 0.330. The Balaban J connectivity index is 2.30. The smallest absolute Gasteiger partial charge is 0.120 e. The minimum Gasteiger partial charge on any atom is -0.508 e. The first-order valence-corrected chi connectivity index (χ1v) is 12.7. The molecular formula is C30H46N2O2. The highest BCUT2D eigenvalue weighted by atomic mass is 16.3. The van der Waals surface area contributed by atoms with Crippen LogP contribution in [0.25, 0.3) is 11.1 Å². The normalized spacial score (nSPS) is 13.2. The molecule has 0 saturated heterocycles. The Kier molecular flexibility index (Phi) is 9.78. The van der Waals surface area contributed by atoms with Crippen molar-refractivity contribution in [1.29, 1.82) is 0 Å². The number of rotatable bonds is 10.